The molecule has 0 aliphatic heterocycles. The molecule has 4 nitrogen and oxygen atoms in total. The third kappa shape index (κ3) is 2.52. The molecule has 1 aromatic carbocycles. The van der Waals surface area contributed by atoms with Gasteiger partial charge in [-0.1, -0.05) is 36.8 Å². The number of benzene rings is 1. The highest BCUT2D eigenvalue weighted by Gasteiger charge is 2.32. The second kappa shape index (κ2) is 4.93. The van der Waals surface area contributed by atoms with Gasteiger partial charge in [-0.2, -0.15) is 4.98 Å². The zero-order chi connectivity index (χ0) is 15.0. The van der Waals surface area contributed by atoms with E-state index in [4.69, 9.17) is 4.42 Å². The lowest BCUT2D eigenvalue weighted by molar-refractivity contribution is -0.117. The number of fused-ring (bicyclic) bond motifs is 1. The summed E-state index contributed by atoms with van der Waals surface area (Å²) in [5, 5.41) is 9.56. The van der Waals surface area contributed by atoms with Gasteiger partial charge in [-0.15, -0.1) is 0 Å². The molecule has 21 heavy (non-hydrogen) atoms. The smallest absolute Gasteiger partial charge is 0.283 e. The van der Waals surface area contributed by atoms with E-state index in [1.807, 2.05) is 31.2 Å². The zero-order valence-electron chi connectivity index (χ0n) is 11.8. The topological polar surface area (TPSA) is 59.2 Å². The Balaban J connectivity index is 2.06. The van der Waals surface area contributed by atoms with Gasteiger partial charge in [0.05, 0.1) is 0 Å². The molecule has 0 saturated carbocycles. The Morgan fingerprint density at radius 3 is 2.62 bits per heavy atom. The molecular formula is C16H15FN2O2. The monoisotopic (exact) mass is 286 g/mol. The average Bonchev–Trinajstić information content (AvgIpc) is 2.92. The van der Waals surface area contributed by atoms with Gasteiger partial charge >= 0.3 is 0 Å². The molecule has 108 valence electrons. The highest BCUT2D eigenvalue weighted by molar-refractivity contribution is 5.76. The Morgan fingerprint density at radius 1 is 1.24 bits per heavy atom. The van der Waals surface area contributed by atoms with Gasteiger partial charge in [0.2, 0.25) is 0 Å². The standard InChI is InChI=1S/C16H15FN2O2/c1-3-16(17,20)15-19-14-13(21-15)8-12(9-18-14)11-6-4-10(2)5-7-11/h4-9,20H,3H2,1-2H3. The summed E-state index contributed by atoms with van der Waals surface area (Å²) in [6.45, 7) is 3.53. The Kier molecular flexibility index (Phi) is 3.22. The van der Waals surface area contributed by atoms with Crippen molar-refractivity contribution in [1.29, 1.82) is 0 Å². The summed E-state index contributed by atoms with van der Waals surface area (Å²) < 4.78 is 19.1. The van der Waals surface area contributed by atoms with Crippen molar-refractivity contribution in [3.8, 4) is 11.1 Å². The summed E-state index contributed by atoms with van der Waals surface area (Å²) in [5.41, 5.74) is 3.64. The van der Waals surface area contributed by atoms with Gasteiger partial charge in [-0.3, -0.25) is 0 Å². The molecule has 0 bridgehead atoms. The van der Waals surface area contributed by atoms with Crippen molar-refractivity contribution in [1.82, 2.24) is 9.97 Å². The van der Waals surface area contributed by atoms with E-state index in [1.165, 1.54) is 12.5 Å². The van der Waals surface area contributed by atoms with Crippen LogP contribution < -0.4 is 0 Å². The van der Waals surface area contributed by atoms with E-state index in [1.54, 1.807) is 12.3 Å². The number of aromatic nitrogens is 2. The summed E-state index contributed by atoms with van der Waals surface area (Å²) in [6.07, 6.45) is 1.52. The van der Waals surface area contributed by atoms with Crippen LogP contribution in [0.25, 0.3) is 22.4 Å². The summed E-state index contributed by atoms with van der Waals surface area (Å²) in [4.78, 5) is 8.07. The number of alkyl halides is 1. The van der Waals surface area contributed by atoms with Crippen LogP contribution in [0.4, 0.5) is 4.39 Å². The van der Waals surface area contributed by atoms with Crippen LogP contribution in [0.2, 0.25) is 0 Å². The van der Waals surface area contributed by atoms with E-state index in [2.05, 4.69) is 9.97 Å². The van der Waals surface area contributed by atoms with Crippen LogP contribution in [0.1, 0.15) is 24.8 Å². The van der Waals surface area contributed by atoms with Gasteiger partial charge < -0.3 is 9.52 Å². The predicted octanol–water partition coefficient (Wildman–Crippen LogP) is 3.72. The Bertz CT molecular complexity index is 779. The maximum Gasteiger partial charge on any atom is 0.283 e. The molecule has 2 aromatic heterocycles. The highest BCUT2D eigenvalue weighted by atomic mass is 19.2. The Labute approximate surface area is 121 Å². The molecule has 0 amide bonds. The molecule has 2 heterocycles. The molecule has 1 atom stereocenters. The van der Waals surface area contributed by atoms with E-state index in [-0.39, 0.29) is 18.0 Å². The zero-order valence-corrected chi connectivity index (χ0v) is 11.8. The van der Waals surface area contributed by atoms with Crippen molar-refractivity contribution < 1.29 is 13.9 Å². The van der Waals surface area contributed by atoms with E-state index in [0.29, 0.717) is 5.58 Å². The molecule has 3 aromatic rings. The minimum atomic E-state index is -2.56. The van der Waals surface area contributed by atoms with Crippen molar-refractivity contribution in [3.63, 3.8) is 0 Å². The number of aliphatic hydroxyl groups is 1. The molecular weight excluding hydrogens is 271 g/mol. The summed E-state index contributed by atoms with van der Waals surface area (Å²) >= 11 is 0. The third-order valence-electron chi connectivity index (χ3n) is 3.43. The van der Waals surface area contributed by atoms with Gasteiger partial charge in [-0.25, -0.2) is 9.37 Å². The Hall–Kier alpha value is -2.27. The van der Waals surface area contributed by atoms with Gasteiger partial charge in [0.25, 0.3) is 11.7 Å². The SMILES string of the molecule is CCC(O)(F)c1nc2ncc(-c3ccc(C)cc3)cc2o1. The van der Waals surface area contributed by atoms with Crippen LogP contribution in [0.15, 0.2) is 40.9 Å². The fraction of sp³-hybridized carbons (Fsp3) is 0.250. The third-order valence-corrected chi connectivity index (χ3v) is 3.43. The van der Waals surface area contributed by atoms with Gasteiger partial charge in [-0.05, 0) is 18.6 Å². The maximum atomic E-state index is 13.8. The van der Waals surface area contributed by atoms with E-state index in [9.17, 15) is 9.50 Å². The molecule has 0 radical (unpaired) electrons. The largest absolute Gasteiger partial charge is 0.433 e. The lowest BCUT2D eigenvalue weighted by Crippen LogP contribution is -2.17. The van der Waals surface area contributed by atoms with Crippen LogP contribution in [0.5, 0.6) is 0 Å². The second-order valence-corrected chi connectivity index (χ2v) is 5.04. The van der Waals surface area contributed by atoms with Gasteiger partial charge in [0, 0.05) is 18.2 Å². The fourth-order valence-electron chi connectivity index (χ4n) is 2.04. The Morgan fingerprint density at radius 2 is 1.95 bits per heavy atom. The normalized spacial score (nSPS) is 14.3. The molecule has 1 N–H and O–H groups in total. The van der Waals surface area contributed by atoms with E-state index >= 15 is 0 Å². The highest BCUT2D eigenvalue weighted by Crippen LogP contribution is 2.30. The predicted molar refractivity (Wildman–Crippen MR) is 77.3 cm³/mol. The fourth-order valence-corrected chi connectivity index (χ4v) is 2.04. The minimum absolute atomic E-state index is 0.134. The van der Waals surface area contributed by atoms with Gasteiger partial charge in [0.15, 0.2) is 11.2 Å². The molecule has 5 heteroatoms. The summed E-state index contributed by atoms with van der Waals surface area (Å²) in [5.74, 6) is -2.92. The lowest BCUT2D eigenvalue weighted by atomic mass is 10.1. The van der Waals surface area contributed by atoms with E-state index in [0.717, 1.165) is 11.1 Å². The molecule has 0 aliphatic rings. The number of halogens is 1. The number of oxazole rings is 1. The van der Waals surface area contributed by atoms with Crippen molar-refractivity contribution in [3.05, 3.63) is 48.0 Å². The number of aryl methyl sites for hydroxylation is 1. The van der Waals surface area contributed by atoms with Crippen LogP contribution in [-0.2, 0) is 5.85 Å². The summed E-state index contributed by atoms with van der Waals surface area (Å²) in [6, 6.07) is 9.71. The van der Waals surface area contributed by atoms with Crippen LogP contribution in [0.3, 0.4) is 0 Å². The number of rotatable bonds is 3. The van der Waals surface area contributed by atoms with Crippen molar-refractivity contribution in [2.24, 2.45) is 0 Å². The van der Waals surface area contributed by atoms with Crippen LogP contribution in [0, 0.1) is 6.92 Å². The number of hydrogen-bond acceptors (Lipinski definition) is 4. The molecule has 0 spiro atoms. The first kappa shape index (κ1) is 13.7. The first-order valence-corrected chi connectivity index (χ1v) is 6.75. The van der Waals surface area contributed by atoms with Crippen molar-refractivity contribution in [2.45, 2.75) is 26.1 Å². The molecule has 0 fully saturated rings. The maximum absolute atomic E-state index is 13.8. The first-order chi connectivity index (χ1) is 9.99. The van der Waals surface area contributed by atoms with Crippen molar-refractivity contribution in [2.75, 3.05) is 0 Å². The molecule has 0 saturated heterocycles. The number of hydrogen-bond donors (Lipinski definition) is 1. The summed E-state index contributed by atoms with van der Waals surface area (Å²) in [7, 11) is 0. The second-order valence-electron chi connectivity index (χ2n) is 5.04. The van der Waals surface area contributed by atoms with Crippen LogP contribution in [-0.4, -0.2) is 15.1 Å². The molecule has 3 rings (SSSR count). The van der Waals surface area contributed by atoms with E-state index < -0.39 is 5.85 Å². The van der Waals surface area contributed by atoms with Crippen LogP contribution >= 0.6 is 0 Å². The molecule has 1 unspecified atom stereocenters. The lowest BCUT2D eigenvalue weighted by Gasteiger charge is -2.10. The quantitative estimate of drug-likeness (QED) is 0.797. The average molecular weight is 286 g/mol. The first-order valence-electron chi connectivity index (χ1n) is 6.75. The van der Waals surface area contributed by atoms with Gasteiger partial charge in [0.1, 0.15) is 0 Å². The van der Waals surface area contributed by atoms with Crippen molar-refractivity contribution >= 4 is 11.2 Å². The number of pyridine rings is 1. The molecule has 0 aliphatic carbocycles. The minimum Gasteiger partial charge on any atom is -0.433 e. The number of nitrogens with zero attached hydrogens (tertiary/aromatic N) is 2.